The largest absolute Gasteiger partial charge is 0.490 e. The SMILES string of the molecule is CC/C=C(\OCCC)c1nnc(/C(=C/CC)OCCC)nn1. The third-order valence-corrected chi connectivity index (χ3v) is 2.62. The molecule has 0 atom stereocenters. The Balaban J connectivity index is 2.91. The van der Waals surface area contributed by atoms with Crippen molar-refractivity contribution < 1.29 is 9.47 Å². The topological polar surface area (TPSA) is 70.0 Å². The smallest absolute Gasteiger partial charge is 0.237 e. The average Bonchev–Trinajstić information content (AvgIpc) is 2.55. The molecule has 0 fully saturated rings. The lowest BCUT2D eigenvalue weighted by atomic mass is 10.3. The zero-order chi connectivity index (χ0) is 16.2. The van der Waals surface area contributed by atoms with E-state index in [1.807, 2.05) is 26.0 Å². The normalized spacial score (nSPS) is 12.4. The van der Waals surface area contributed by atoms with Gasteiger partial charge in [0.15, 0.2) is 11.5 Å². The molecule has 0 aromatic carbocycles. The molecule has 6 heteroatoms. The number of aromatic nitrogens is 4. The first kappa shape index (κ1) is 18.1. The summed E-state index contributed by atoms with van der Waals surface area (Å²) in [5, 5.41) is 16.5. The molecule has 0 aliphatic rings. The fourth-order valence-electron chi connectivity index (χ4n) is 1.65. The standard InChI is InChI=1S/C16H26N4O2/c1-5-9-13(21-11-7-3)15-17-19-16(20-18-15)14(10-6-2)22-12-8-4/h9-10H,5-8,11-12H2,1-4H3/b13-9-,14-10-. The third kappa shape index (κ3) is 5.79. The van der Waals surface area contributed by atoms with Crippen molar-refractivity contribution in [1.82, 2.24) is 20.4 Å². The van der Waals surface area contributed by atoms with E-state index in [0.717, 1.165) is 25.7 Å². The van der Waals surface area contributed by atoms with E-state index in [-0.39, 0.29) is 0 Å². The summed E-state index contributed by atoms with van der Waals surface area (Å²) in [4.78, 5) is 0. The van der Waals surface area contributed by atoms with E-state index in [4.69, 9.17) is 9.47 Å². The molecule has 0 bridgehead atoms. The molecule has 0 aliphatic heterocycles. The molecule has 1 aromatic rings. The maximum Gasteiger partial charge on any atom is 0.237 e. The lowest BCUT2D eigenvalue weighted by Crippen LogP contribution is -2.08. The van der Waals surface area contributed by atoms with Gasteiger partial charge in [-0.15, -0.1) is 20.4 Å². The number of allylic oxidation sites excluding steroid dienone is 2. The Bertz CT molecular complexity index is 438. The van der Waals surface area contributed by atoms with Crippen LogP contribution in [0.3, 0.4) is 0 Å². The molecule has 0 unspecified atom stereocenters. The van der Waals surface area contributed by atoms with Crippen LogP contribution in [0.5, 0.6) is 0 Å². The number of hydrogen-bond acceptors (Lipinski definition) is 6. The molecule has 0 spiro atoms. The molecule has 122 valence electrons. The predicted octanol–water partition coefficient (Wildman–Crippen LogP) is 3.62. The zero-order valence-corrected chi connectivity index (χ0v) is 14.0. The molecule has 0 saturated heterocycles. The van der Waals surface area contributed by atoms with Crippen molar-refractivity contribution in [2.45, 2.75) is 53.4 Å². The Kier molecular flexibility index (Phi) is 8.79. The van der Waals surface area contributed by atoms with Crippen molar-refractivity contribution in [1.29, 1.82) is 0 Å². The maximum atomic E-state index is 5.64. The Morgan fingerprint density at radius 3 is 1.36 bits per heavy atom. The van der Waals surface area contributed by atoms with Crippen molar-refractivity contribution in [3.05, 3.63) is 23.8 Å². The van der Waals surface area contributed by atoms with E-state index >= 15 is 0 Å². The van der Waals surface area contributed by atoms with Crippen LogP contribution in [0.4, 0.5) is 0 Å². The van der Waals surface area contributed by atoms with Gasteiger partial charge >= 0.3 is 0 Å². The van der Waals surface area contributed by atoms with Crippen LogP contribution >= 0.6 is 0 Å². The van der Waals surface area contributed by atoms with Crippen LogP contribution in [0, 0.1) is 0 Å². The van der Waals surface area contributed by atoms with Crippen LogP contribution in [-0.4, -0.2) is 33.6 Å². The van der Waals surface area contributed by atoms with Crippen molar-refractivity contribution >= 4 is 11.5 Å². The molecule has 0 amide bonds. The van der Waals surface area contributed by atoms with Crippen LogP contribution in [0.1, 0.15) is 65.0 Å². The zero-order valence-electron chi connectivity index (χ0n) is 14.0. The highest BCUT2D eigenvalue weighted by Crippen LogP contribution is 2.14. The fourth-order valence-corrected chi connectivity index (χ4v) is 1.65. The lowest BCUT2D eigenvalue weighted by Gasteiger charge is -2.09. The summed E-state index contributed by atoms with van der Waals surface area (Å²) in [6.45, 7) is 9.42. The van der Waals surface area contributed by atoms with Crippen molar-refractivity contribution in [3.63, 3.8) is 0 Å². The second-order valence-electron chi connectivity index (χ2n) is 4.70. The highest BCUT2D eigenvalue weighted by atomic mass is 16.5. The van der Waals surface area contributed by atoms with Gasteiger partial charge < -0.3 is 9.47 Å². The van der Waals surface area contributed by atoms with Gasteiger partial charge in [0, 0.05) is 0 Å². The van der Waals surface area contributed by atoms with Crippen LogP contribution in [0.2, 0.25) is 0 Å². The molecule has 6 nitrogen and oxygen atoms in total. The minimum Gasteiger partial charge on any atom is -0.490 e. The minimum absolute atomic E-state index is 0.408. The summed E-state index contributed by atoms with van der Waals surface area (Å²) < 4.78 is 11.3. The van der Waals surface area contributed by atoms with Gasteiger partial charge in [0.25, 0.3) is 0 Å². The van der Waals surface area contributed by atoms with Crippen molar-refractivity contribution in [2.24, 2.45) is 0 Å². The van der Waals surface area contributed by atoms with Gasteiger partial charge in [-0.2, -0.15) is 0 Å². The Morgan fingerprint density at radius 1 is 0.727 bits per heavy atom. The van der Waals surface area contributed by atoms with Crippen molar-refractivity contribution in [3.8, 4) is 0 Å². The first-order valence-corrected chi connectivity index (χ1v) is 8.00. The molecule has 0 saturated carbocycles. The molecule has 1 aromatic heterocycles. The fraction of sp³-hybridized carbons (Fsp3) is 0.625. The summed E-state index contributed by atoms with van der Waals surface area (Å²) in [5.41, 5.74) is 0. The number of nitrogens with zero attached hydrogens (tertiary/aromatic N) is 4. The van der Waals surface area contributed by atoms with E-state index in [9.17, 15) is 0 Å². The summed E-state index contributed by atoms with van der Waals surface area (Å²) in [6, 6.07) is 0. The second kappa shape index (κ2) is 10.7. The highest BCUT2D eigenvalue weighted by molar-refractivity contribution is 5.54. The van der Waals surface area contributed by atoms with Gasteiger partial charge in [0.2, 0.25) is 11.6 Å². The first-order chi connectivity index (χ1) is 10.8. The van der Waals surface area contributed by atoms with Crippen LogP contribution in [0.15, 0.2) is 12.2 Å². The summed E-state index contributed by atoms with van der Waals surface area (Å²) in [5.74, 6) is 2.08. The molecule has 1 rings (SSSR count). The van der Waals surface area contributed by atoms with Crippen LogP contribution in [0.25, 0.3) is 11.5 Å². The highest BCUT2D eigenvalue weighted by Gasteiger charge is 2.12. The molecular weight excluding hydrogens is 280 g/mol. The van der Waals surface area contributed by atoms with Crippen LogP contribution in [-0.2, 0) is 9.47 Å². The summed E-state index contributed by atoms with van der Waals surface area (Å²) >= 11 is 0. The Hall–Kier alpha value is -1.98. The van der Waals surface area contributed by atoms with E-state index < -0.39 is 0 Å². The second-order valence-corrected chi connectivity index (χ2v) is 4.70. The molecule has 0 aliphatic carbocycles. The monoisotopic (exact) mass is 306 g/mol. The van der Waals surface area contributed by atoms with Gasteiger partial charge in [0.1, 0.15) is 0 Å². The van der Waals surface area contributed by atoms with Gasteiger partial charge in [0.05, 0.1) is 13.2 Å². The quantitative estimate of drug-likeness (QED) is 0.615. The summed E-state index contributed by atoms with van der Waals surface area (Å²) in [7, 11) is 0. The van der Waals surface area contributed by atoms with E-state index in [1.54, 1.807) is 0 Å². The van der Waals surface area contributed by atoms with Gasteiger partial charge in [-0.3, -0.25) is 0 Å². The third-order valence-electron chi connectivity index (χ3n) is 2.62. The van der Waals surface area contributed by atoms with Gasteiger partial charge in [-0.05, 0) is 37.8 Å². The molecule has 22 heavy (non-hydrogen) atoms. The molecule has 0 radical (unpaired) electrons. The minimum atomic E-state index is 0.408. The molecule has 1 heterocycles. The van der Waals surface area contributed by atoms with E-state index in [1.165, 1.54) is 0 Å². The molecular formula is C16H26N4O2. The Morgan fingerprint density at radius 2 is 1.09 bits per heavy atom. The van der Waals surface area contributed by atoms with Gasteiger partial charge in [-0.25, -0.2) is 0 Å². The first-order valence-electron chi connectivity index (χ1n) is 8.00. The van der Waals surface area contributed by atoms with Crippen LogP contribution < -0.4 is 0 Å². The number of hydrogen-bond donors (Lipinski definition) is 0. The summed E-state index contributed by atoms with van der Waals surface area (Å²) in [6.07, 6.45) is 7.40. The average molecular weight is 306 g/mol. The van der Waals surface area contributed by atoms with Gasteiger partial charge in [-0.1, -0.05) is 27.7 Å². The van der Waals surface area contributed by atoms with E-state index in [0.29, 0.717) is 36.4 Å². The van der Waals surface area contributed by atoms with Crippen molar-refractivity contribution in [2.75, 3.05) is 13.2 Å². The lowest BCUT2D eigenvalue weighted by molar-refractivity contribution is 0.269. The van der Waals surface area contributed by atoms with E-state index in [2.05, 4.69) is 34.2 Å². The molecule has 0 N–H and O–H groups in total. The Labute approximate surface area is 132 Å². The number of ether oxygens (including phenoxy) is 2. The predicted molar refractivity (Wildman–Crippen MR) is 86.6 cm³/mol. The number of rotatable bonds is 10. The maximum absolute atomic E-state index is 5.64.